The number of rotatable bonds is 9. The van der Waals surface area contributed by atoms with Crippen LogP contribution in [0.3, 0.4) is 0 Å². The summed E-state index contributed by atoms with van der Waals surface area (Å²) in [7, 11) is -3.89. The molecule has 0 aromatic heterocycles. The van der Waals surface area contributed by atoms with E-state index in [4.69, 9.17) is 5.41 Å². The van der Waals surface area contributed by atoms with E-state index in [1.54, 1.807) is 42.4 Å². The first-order valence-electron chi connectivity index (χ1n) is 12.1. The number of nitrogens with one attached hydrogen (secondary N) is 1. The molecule has 0 saturated heterocycles. The van der Waals surface area contributed by atoms with Gasteiger partial charge in [-0.15, -0.1) is 0 Å². The first kappa shape index (κ1) is 28.6. The van der Waals surface area contributed by atoms with Crippen LogP contribution < -0.4 is 0 Å². The van der Waals surface area contributed by atoms with Gasteiger partial charge in [0.15, 0.2) is 0 Å². The largest absolute Gasteiger partial charge is 0.283 e. The van der Waals surface area contributed by atoms with Crippen LogP contribution in [0.15, 0.2) is 88.3 Å². The van der Waals surface area contributed by atoms with E-state index in [1.165, 1.54) is 0 Å². The van der Waals surface area contributed by atoms with Gasteiger partial charge in [0, 0.05) is 35.3 Å². The molecule has 1 heterocycles. The molecule has 0 fully saturated rings. The number of hydrogen-bond acceptors (Lipinski definition) is 5. The minimum atomic E-state index is -3.89. The summed E-state index contributed by atoms with van der Waals surface area (Å²) >= 11 is 1.68. The van der Waals surface area contributed by atoms with Gasteiger partial charge in [0.05, 0.1) is 4.90 Å². The quantitative estimate of drug-likeness (QED) is 0.284. The third-order valence-electron chi connectivity index (χ3n) is 5.37. The fourth-order valence-corrected chi connectivity index (χ4v) is 5.66. The molecule has 0 unspecified atom stereocenters. The minimum Gasteiger partial charge on any atom is -0.283 e. The third kappa shape index (κ3) is 6.97. The first-order valence-corrected chi connectivity index (χ1v) is 14.3. The van der Waals surface area contributed by atoms with E-state index in [9.17, 15) is 8.42 Å². The van der Waals surface area contributed by atoms with E-state index in [2.05, 4.69) is 30.3 Å². The van der Waals surface area contributed by atoms with Crippen LogP contribution in [0.1, 0.15) is 52.2 Å². The van der Waals surface area contributed by atoms with Gasteiger partial charge in [-0.2, -0.15) is 0 Å². The van der Waals surface area contributed by atoms with Crippen molar-refractivity contribution in [1.82, 2.24) is 8.61 Å². The molecule has 0 amide bonds. The summed E-state index contributed by atoms with van der Waals surface area (Å²) in [6.07, 6.45) is 8.06. The van der Waals surface area contributed by atoms with E-state index >= 15 is 0 Å². The maximum Gasteiger partial charge on any atom is 0.269 e. The lowest BCUT2D eigenvalue weighted by Gasteiger charge is -2.17. The first-order chi connectivity index (χ1) is 16.8. The molecule has 0 atom stereocenters. The van der Waals surface area contributed by atoms with Gasteiger partial charge in [0.2, 0.25) is 0 Å². The van der Waals surface area contributed by atoms with Crippen molar-refractivity contribution < 1.29 is 8.42 Å². The van der Waals surface area contributed by atoms with Crippen molar-refractivity contribution in [3.8, 4) is 0 Å². The third-order valence-corrected chi connectivity index (χ3v) is 8.28. The Balaban J connectivity index is 0.00000210. The monoisotopic (exact) mass is 511 g/mol. The molecule has 2 aromatic rings. The maximum atomic E-state index is 13.4. The number of hydrogen-bond donors (Lipinski definition) is 1. The second-order valence-corrected chi connectivity index (χ2v) is 10.6. The molecule has 1 N–H and O–H groups in total. The smallest absolute Gasteiger partial charge is 0.269 e. The molecule has 1 aliphatic rings. The highest BCUT2D eigenvalue weighted by molar-refractivity contribution is 7.97. The number of nitrogens with zero attached hydrogens (tertiary/aromatic N) is 2. The lowest BCUT2D eigenvalue weighted by Crippen LogP contribution is -2.29. The fourth-order valence-electron chi connectivity index (χ4n) is 3.49. The summed E-state index contributed by atoms with van der Waals surface area (Å²) in [6, 6.07) is 14.8. The molecule has 3 rings (SSSR count). The van der Waals surface area contributed by atoms with E-state index in [-0.39, 0.29) is 10.7 Å². The van der Waals surface area contributed by atoms with Gasteiger partial charge < -0.3 is 0 Å². The van der Waals surface area contributed by atoms with Gasteiger partial charge in [-0.05, 0) is 62.0 Å². The standard InChI is InChI=1S/C26H31N3O2S2.C2H6/c1-5-8-9-13-24-25(21-11-10-12-22(18-21)32-28(6-2)7-3)19-29(26(24)27)33(30,31)23-16-14-20(4)15-17-23;1-2/h5,8,10-19,27H,6-7,9H2,1-4H3;1-2H3/b8-5-,24-13+,27-26?;. The topological polar surface area (TPSA) is 64.5 Å². The number of benzene rings is 2. The van der Waals surface area contributed by atoms with E-state index in [0.717, 1.165) is 39.0 Å². The summed E-state index contributed by atoms with van der Waals surface area (Å²) in [5.74, 6) is -0.0307. The predicted molar refractivity (Wildman–Crippen MR) is 150 cm³/mol. The molecule has 1 aliphatic heterocycles. The van der Waals surface area contributed by atoms with Gasteiger partial charge in [0.25, 0.3) is 10.0 Å². The average Bonchev–Trinajstić information content (AvgIpc) is 3.21. The fraction of sp³-hybridized carbons (Fsp3) is 0.321. The zero-order valence-corrected chi connectivity index (χ0v) is 23.2. The van der Waals surface area contributed by atoms with Crippen LogP contribution >= 0.6 is 11.9 Å². The maximum absolute atomic E-state index is 13.4. The number of aryl methyl sites for hydroxylation is 1. The summed E-state index contributed by atoms with van der Waals surface area (Å²) in [5, 5.41) is 8.74. The molecular weight excluding hydrogens is 474 g/mol. The summed E-state index contributed by atoms with van der Waals surface area (Å²) in [4.78, 5) is 1.25. The van der Waals surface area contributed by atoms with Crippen molar-refractivity contribution in [2.24, 2.45) is 0 Å². The molecule has 0 radical (unpaired) electrons. The summed E-state index contributed by atoms with van der Waals surface area (Å²) in [5.41, 5.74) is 3.23. The van der Waals surface area contributed by atoms with Crippen LogP contribution in [0.2, 0.25) is 0 Å². The lowest BCUT2D eigenvalue weighted by molar-refractivity contribution is 0.525. The molecule has 35 heavy (non-hydrogen) atoms. The molecule has 0 bridgehead atoms. The highest BCUT2D eigenvalue weighted by Gasteiger charge is 2.34. The van der Waals surface area contributed by atoms with Crippen molar-refractivity contribution in [1.29, 1.82) is 5.41 Å². The minimum absolute atomic E-state index is 0.0307. The highest BCUT2D eigenvalue weighted by Crippen LogP contribution is 2.36. The van der Waals surface area contributed by atoms with Crippen molar-refractivity contribution in [3.63, 3.8) is 0 Å². The SMILES string of the molecule is C/C=C\C/C=C1/C(=N)N(S(=O)(=O)c2ccc(C)cc2)C=C1c1cccc(SN(CC)CC)c1.CC. The van der Waals surface area contributed by atoms with Crippen LogP contribution in [0.4, 0.5) is 0 Å². The Hall–Kier alpha value is -2.61. The Morgan fingerprint density at radius 3 is 2.31 bits per heavy atom. The normalized spacial score (nSPS) is 15.1. The van der Waals surface area contributed by atoms with Crippen molar-refractivity contribution in [2.75, 3.05) is 13.1 Å². The summed E-state index contributed by atoms with van der Waals surface area (Å²) < 4.78 is 30.1. The van der Waals surface area contributed by atoms with E-state index in [0.29, 0.717) is 12.0 Å². The predicted octanol–water partition coefficient (Wildman–Crippen LogP) is 7.29. The molecular formula is C28H37N3O2S2. The zero-order chi connectivity index (χ0) is 26.0. The molecule has 188 valence electrons. The van der Waals surface area contributed by atoms with Crippen LogP contribution in [0.5, 0.6) is 0 Å². The van der Waals surface area contributed by atoms with E-state index < -0.39 is 10.0 Å². The molecule has 0 aliphatic carbocycles. The molecule has 0 saturated carbocycles. The number of amidine groups is 1. The van der Waals surface area contributed by atoms with Gasteiger partial charge in [-0.1, -0.05) is 75.8 Å². The highest BCUT2D eigenvalue weighted by atomic mass is 32.2. The van der Waals surface area contributed by atoms with Crippen molar-refractivity contribution >= 4 is 33.4 Å². The second kappa shape index (κ2) is 13.5. The van der Waals surface area contributed by atoms with Crippen molar-refractivity contribution in [3.05, 3.63) is 89.7 Å². The van der Waals surface area contributed by atoms with Crippen LogP contribution in [0, 0.1) is 12.3 Å². The van der Waals surface area contributed by atoms with Crippen LogP contribution in [-0.2, 0) is 10.0 Å². The van der Waals surface area contributed by atoms with Crippen LogP contribution in [0.25, 0.3) is 5.57 Å². The van der Waals surface area contributed by atoms with Gasteiger partial charge in [0.1, 0.15) is 5.84 Å². The van der Waals surface area contributed by atoms with Gasteiger partial charge >= 0.3 is 0 Å². The Bertz CT molecular complexity index is 1190. The molecule has 0 spiro atoms. The Morgan fingerprint density at radius 1 is 1.06 bits per heavy atom. The number of sulfonamides is 1. The molecule has 7 heteroatoms. The zero-order valence-electron chi connectivity index (χ0n) is 21.6. The average molecular weight is 512 g/mol. The van der Waals surface area contributed by atoms with Gasteiger partial charge in [-0.25, -0.2) is 17.0 Å². The van der Waals surface area contributed by atoms with Gasteiger partial charge in [-0.3, -0.25) is 5.41 Å². The number of allylic oxidation sites excluding steroid dienone is 3. The Morgan fingerprint density at radius 2 is 1.71 bits per heavy atom. The lowest BCUT2D eigenvalue weighted by atomic mass is 9.99. The summed E-state index contributed by atoms with van der Waals surface area (Å²) in [6.45, 7) is 14.0. The Labute approximate surface area is 215 Å². The Kier molecular flexibility index (Phi) is 11.0. The van der Waals surface area contributed by atoms with E-state index in [1.807, 2.05) is 58.1 Å². The molecule has 2 aromatic carbocycles. The second-order valence-electron chi connectivity index (χ2n) is 7.66. The van der Waals surface area contributed by atoms with Crippen LogP contribution in [-0.4, -0.2) is 36.0 Å². The van der Waals surface area contributed by atoms with Crippen molar-refractivity contribution in [2.45, 2.75) is 57.8 Å². The molecule has 5 nitrogen and oxygen atoms in total.